The van der Waals surface area contributed by atoms with Crippen molar-refractivity contribution >= 4 is 17.9 Å². The average Bonchev–Trinajstić information content (AvgIpc) is 3.24. The summed E-state index contributed by atoms with van der Waals surface area (Å²) < 4.78 is 22.5. The van der Waals surface area contributed by atoms with E-state index in [0.29, 0.717) is 23.9 Å². The van der Waals surface area contributed by atoms with Crippen LogP contribution in [0.25, 0.3) is 0 Å². The molecule has 2 unspecified atom stereocenters. The monoisotopic (exact) mass is 878 g/mol. The number of quaternary nitrogens is 1. The topological polar surface area (TPSA) is 111 Å². The van der Waals surface area contributed by atoms with Crippen molar-refractivity contribution in [2.45, 2.75) is 167 Å². The number of rotatable bonds is 42. The second kappa shape index (κ2) is 44.6. The second-order valence-corrected chi connectivity index (χ2v) is 16.6. The van der Waals surface area contributed by atoms with Crippen LogP contribution in [0, 0.1) is 0 Å². The summed E-state index contributed by atoms with van der Waals surface area (Å²) in [6, 6.07) is 0. The first kappa shape index (κ1) is 58.9. The van der Waals surface area contributed by atoms with E-state index in [-0.39, 0.29) is 38.6 Å². The van der Waals surface area contributed by atoms with Crippen molar-refractivity contribution in [2.24, 2.45) is 0 Å². The van der Waals surface area contributed by atoms with Gasteiger partial charge in [0.1, 0.15) is 13.2 Å². The smallest absolute Gasteiger partial charge is 0.306 e. The first-order valence-corrected chi connectivity index (χ1v) is 24.0. The Bertz CT molecular complexity index is 1390. The number of carboxylic acids is 1. The lowest BCUT2D eigenvalue weighted by Gasteiger charge is -2.26. The maximum absolute atomic E-state index is 12.8. The van der Waals surface area contributed by atoms with Gasteiger partial charge in [0.15, 0.2) is 12.4 Å². The lowest BCUT2D eigenvalue weighted by Crippen LogP contribution is -2.44. The largest absolute Gasteiger partial charge is 0.545 e. The molecule has 0 heterocycles. The molecule has 63 heavy (non-hydrogen) atoms. The number of hydrogen-bond acceptors (Lipinski definition) is 8. The molecule has 2 atom stereocenters. The number of hydrogen-bond donors (Lipinski definition) is 0. The van der Waals surface area contributed by atoms with E-state index in [1.54, 1.807) is 0 Å². The molecule has 0 saturated carbocycles. The number of nitrogens with zero attached hydrogens (tertiary/aromatic N) is 1. The number of ether oxygens (including phenoxy) is 4. The Kier molecular flexibility index (Phi) is 41.7. The predicted octanol–water partition coefficient (Wildman–Crippen LogP) is 11.9. The van der Waals surface area contributed by atoms with Gasteiger partial charge < -0.3 is 33.3 Å². The molecular weight excluding hydrogens is 791 g/mol. The van der Waals surface area contributed by atoms with E-state index in [1.807, 2.05) is 21.1 Å². The summed E-state index contributed by atoms with van der Waals surface area (Å²) in [5, 5.41) is 11.7. The fourth-order valence-corrected chi connectivity index (χ4v) is 5.84. The van der Waals surface area contributed by atoms with Crippen LogP contribution in [0.15, 0.2) is 109 Å². The van der Waals surface area contributed by atoms with E-state index >= 15 is 0 Å². The minimum Gasteiger partial charge on any atom is -0.545 e. The summed E-state index contributed by atoms with van der Waals surface area (Å²) >= 11 is 0. The van der Waals surface area contributed by atoms with Crippen LogP contribution in [0.1, 0.15) is 155 Å². The van der Waals surface area contributed by atoms with Gasteiger partial charge in [0, 0.05) is 12.8 Å². The second-order valence-electron chi connectivity index (χ2n) is 16.6. The summed E-state index contributed by atoms with van der Waals surface area (Å²) in [6.07, 6.45) is 56.9. The van der Waals surface area contributed by atoms with Crippen LogP contribution in [-0.4, -0.2) is 82.3 Å². The van der Waals surface area contributed by atoms with Gasteiger partial charge in [0.2, 0.25) is 0 Å². The molecule has 9 nitrogen and oxygen atoms in total. The van der Waals surface area contributed by atoms with Crippen LogP contribution in [0.3, 0.4) is 0 Å². The van der Waals surface area contributed by atoms with Gasteiger partial charge in [0.05, 0.1) is 40.3 Å². The fraction of sp³-hybridized carbons (Fsp3) is 0.611. The number of carbonyl (C=O) groups excluding carboxylic acids is 3. The summed E-state index contributed by atoms with van der Waals surface area (Å²) in [6.45, 7) is 4.42. The van der Waals surface area contributed by atoms with Crippen molar-refractivity contribution in [3.8, 4) is 0 Å². The average molecular weight is 878 g/mol. The van der Waals surface area contributed by atoms with Crippen molar-refractivity contribution in [3.05, 3.63) is 109 Å². The molecule has 0 N–H and O–H groups in total. The molecule has 0 aliphatic carbocycles. The number of aliphatic carboxylic acids is 1. The zero-order valence-corrected chi connectivity index (χ0v) is 40.1. The third kappa shape index (κ3) is 45.8. The van der Waals surface area contributed by atoms with Crippen LogP contribution in [-0.2, 0) is 33.3 Å². The van der Waals surface area contributed by atoms with E-state index < -0.39 is 24.3 Å². The van der Waals surface area contributed by atoms with Crippen LogP contribution >= 0.6 is 0 Å². The number of likely N-dealkylation sites (N-methyl/N-ethyl adjacent to an activating group) is 1. The SMILES string of the molecule is CC/C=C\C/C=C\C/C=C\C/C=C\C/C=C\C/C=C\CCCCC(=O)OC(COC(=O)CCCCCCCCC/C=C\C/C=C\C/C=C\CC)COC(OCC[N+](C)(C)C)C(=O)[O-]. The molecule has 0 fully saturated rings. The number of unbranched alkanes of at least 4 members (excludes halogenated alkanes) is 9. The molecule has 0 aromatic carbocycles. The van der Waals surface area contributed by atoms with Gasteiger partial charge in [-0.25, -0.2) is 0 Å². The highest BCUT2D eigenvalue weighted by Gasteiger charge is 2.21. The van der Waals surface area contributed by atoms with Crippen molar-refractivity contribution in [1.29, 1.82) is 0 Å². The maximum Gasteiger partial charge on any atom is 0.306 e. The molecule has 356 valence electrons. The molecule has 0 aliphatic heterocycles. The standard InChI is InChI=1S/C54H87NO8/c1-6-8-10-12-14-16-18-20-22-24-25-26-27-29-31-33-35-37-39-41-43-45-52(57)63-50(49-62-54(53(58)59)60-47-46-55(3,4)5)48-61-51(56)44-42-40-38-36-34-32-30-28-23-21-19-17-15-13-11-9-7-2/h8-11,14-17,20-23,25-26,29,31,35,37,50,54H,6-7,12-13,18-19,24,27-28,30,32-34,36,38-49H2,1-5H3/b10-8-,11-9-,16-14-,17-15-,22-20-,23-21-,26-25-,31-29-,37-35-. The van der Waals surface area contributed by atoms with Gasteiger partial charge in [-0.05, 0) is 96.3 Å². The lowest BCUT2D eigenvalue weighted by atomic mass is 10.1. The Labute approximate surface area is 384 Å². The third-order valence-electron chi connectivity index (χ3n) is 9.52. The maximum atomic E-state index is 12.8. The highest BCUT2D eigenvalue weighted by molar-refractivity contribution is 5.70. The number of esters is 2. The van der Waals surface area contributed by atoms with E-state index in [1.165, 1.54) is 19.3 Å². The van der Waals surface area contributed by atoms with E-state index in [4.69, 9.17) is 18.9 Å². The third-order valence-corrected chi connectivity index (χ3v) is 9.52. The Morgan fingerprint density at radius 1 is 0.476 bits per heavy atom. The number of carbonyl (C=O) groups is 3. The van der Waals surface area contributed by atoms with Gasteiger partial charge in [-0.3, -0.25) is 9.59 Å². The molecule has 0 radical (unpaired) electrons. The summed E-state index contributed by atoms with van der Waals surface area (Å²) in [7, 11) is 5.88. The van der Waals surface area contributed by atoms with Crippen molar-refractivity contribution in [2.75, 3.05) is 47.5 Å². The normalized spacial score (nSPS) is 13.9. The molecule has 0 aliphatic rings. The number of carboxylic acid groups (broad SMARTS) is 1. The predicted molar refractivity (Wildman–Crippen MR) is 260 cm³/mol. The Morgan fingerprint density at radius 3 is 1.30 bits per heavy atom. The molecule has 0 rings (SSSR count). The minimum atomic E-state index is -1.64. The molecule has 0 amide bonds. The Hall–Kier alpha value is -4.05. The van der Waals surface area contributed by atoms with Gasteiger partial charge in [-0.1, -0.05) is 155 Å². The zero-order chi connectivity index (χ0) is 46.3. The highest BCUT2D eigenvalue weighted by Crippen LogP contribution is 2.12. The summed E-state index contributed by atoms with van der Waals surface area (Å²) in [4.78, 5) is 37.1. The molecule has 0 aromatic heterocycles. The Balaban J connectivity index is 4.52. The highest BCUT2D eigenvalue weighted by atomic mass is 16.7. The summed E-state index contributed by atoms with van der Waals surface area (Å²) in [5.74, 6) is -2.38. The van der Waals surface area contributed by atoms with Crippen LogP contribution in [0.2, 0.25) is 0 Å². The number of allylic oxidation sites excluding steroid dienone is 18. The molecule has 0 saturated heterocycles. The molecule has 0 spiro atoms. The van der Waals surface area contributed by atoms with Gasteiger partial charge in [0.25, 0.3) is 0 Å². The minimum absolute atomic E-state index is 0.130. The molecule has 9 heteroatoms. The van der Waals surface area contributed by atoms with E-state index in [9.17, 15) is 19.5 Å². The lowest BCUT2D eigenvalue weighted by molar-refractivity contribution is -0.870. The molecule has 0 aromatic rings. The summed E-state index contributed by atoms with van der Waals surface area (Å²) in [5.41, 5.74) is 0. The van der Waals surface area contributed by atoms with Crippen molar-refractivity contribution in [1.82, 2.24) is 0 Å². The first-order chi connectivity index (χ1) is 30.6. The Morgan fingerprint density at radius 2 is 0.857 bits per heavy atom. The van der Waals surface area contributed by atoms with Crippen molar-refractivity contribution in [3.63, 3.8) is 0 Å². The quantitative estimate of drug-likeness (QED) is 0.0196. The van der Waals surface area contributed by atoms with Crippen LogP contribution in [0.4, 0.5) is 0 Å². The molecular formula is C54H87NO8. The first-order valence-electron chi connectivity index (χ1n) is 24.0. The van der Waals surface area contributed by atoms with Crippen molar-refractivity contribution < 1.29 is 42.9 Å². The van der Waals surface area contributed by atoms with Gasteiger partial charge >= 0.3 is 11.9 Å². The van der Waals surface area contributed by atoms with Gasteiger partial charge in [-0.2, -0.15) is 0 Å². The zero-order valence-electron chi connectivity index (χ0n) is 40.1. The van der Waals surface area contributed by atoms with Crippen LogP contribution in [0.5, 0.6) is 0 Å². The molecule has 0 bridgehead atoms. The fourth-order valence-electron chi connectivity index (χ4n) is 5.84. The van der Waals surface area contributed by atoms with Gasteiger partial charge in [-0.15, -0.1) is 0 Å². The van der Waals surface area contributed by atoms with E-state index in [2.05, 4.69) is 123 Å². The van der Waals surface area contributed by atoms with Crippen LogP contribution < -0.4 is 5.11 Å². The van der Waals surface area contributed by atoms with E-state index in [0.717, 1.165) is 96.3 Å².